The van der Waals surface area contributed by atoms with Crippen LogP contribution in [-0.4, -0.2) is 46.3 Å². The third kappa shape index (κ3) is 6.11. The van der Waals surface area contributed by atoms with E-state index in [1.54, 1.807) is 4.68 Å². The minimum atomic E-state index is -3.97. The van der Waals surface area contributed by atoms with Crippen molar-refractivity contribution in [2.24, 2.45) is 0 Å². The van der Waals surface area contributed by atoms with Crippen LogP contribution in [0.4, 0.5) is 11.5 Å². The van der Waals surface area contributed by atoms with E-state index in [9.17, 15) is 13.2 Å². The number of methoxy groups -OCH3 is 1. The smallest absolute Gasteiger partial charge is 0.263 e. The first-order chi connectivity index (χ1) is 20.3. The van der Waals surface area contributed by atoms with Gasteiger partial charge in [0.15, 0.2) is 5.11 Å². The fraction of sp³-hybridized carbons (Fsp3) is 0.0690. The van der Waals surface area contributed by atoms with Crippen LogP contribution in [0.5, 0.6) is 5.88 Å². The molecule has 2 aromatic heterocycles. The highest BCUT2D eigenvalue weighted by Crippen LogP contribution is 2.27. The van der Waals surface area contributed by atoms with Crippen molar-refractivity contribution in [3.8, 4) is 22.8 Å². The minimum absolute atomic E-state index is 0.0211. The zero-order valence-electron chi connectivity index (χ0n) is 22.5. The maximum absolute atomic E-state index is 13.5. The summed E-state index contributed by atoms with van der Waals surface area (Å²) >= 11 is 5.41. The number of nitrogens with zero attached hydrogens (tertiary/aromatic N) is 4. The lowest BCUT2D eigenvalue weighted by Gasteiger charge is -2.12. The molecule has 0 saturated carbocycles. The number of sulfonamides is 1. The summed E-state index contributed by atoms with van der Waals surface area (Å²) in [6.07, 6.45) is 2.73. The number of carbonyl (C=O) groups is 1. The number of amides is 1. The van der Waals surface area contributed by atoms with Crippen LogP contribution in [0, 0.1) is 6.92 Å². The molecule has 5 aromatic rings. The molecule has 11 nitrogen and oxygen atoms in total. The number of rotatable bonds is 8. The molecule has 13 heteroatoms. The largest absolute Gasteiger partial charge is 0.478 e. The Morgan fingerprint density at radius 1 is 0.905 bits per heavy atom. The third-order valence-electron chi connectivity index (χ3n) is 6.13. The Labute approximate surface area is 247 Å². The molecule has 0 saturated heterocycles. The SMILES string of the molecule is COc1nccnc1NS(=O)(=O)c1ccc(NC(=S)NC(=O)c2c(-c3ccccc3)nn(-c3ccccc3)c2C)cc1. The molecule has 0 spiro atoms. The van der Waals surface area contributed by atoms with Gasteiger partial charge in [0.2, 0.25) is 5.82 Å². The lowest BCUT2D eigenvalue weighted by molar-refractivity contribution is 0.0977. The van der Waals surface area contributed by atoms with Gasteiger partial charge in [-0.3, -0.25) is 14.8 Å². The number of benzene rings is 3. The topological polar surface area (TPSA) is 140 Å². The van der Waals surface area contributed by atoms with Gasteiger partial charge in [0.05, 0.1) is 29.0 Å². The van der Waals surface area contributed by atoms with Crippen molar-refractivity contribution >= 4 is 44.8 Å². The summed E-state index contributed by atoms with van der Waals surface area (Å²) in [6.45, 7) is 1.82. The van der Waals surface area contributed by atoms with Gasteiger partial charge in [0, 0.05) is 23.6 Å². The van der Waals surface area contributed by atoms with Gasteiger partial charge >= 0.3 is 0 Å². The van der Waals surface area contributed by atoms with Crippen LogP contribution in [0.3, 0.4) is 0 Å². The van der Waals surface area contributed by atoms with E-state index in [0.717, 1.165) is 11.3 Å². The van der Waals surface area contributed by atoms with Crippen molar-refractivity contribution in [1.29, 1.82) is 0 Å². The summed E-state index contributed by atoms with van der Waals surface area (Å²) < 4.78 is 34.8. The van der Waals surface area contributed by atoms with Crippen LogP contribution in [-0.2, 0) is 10.0 Å². The molecular weight excluding hydrogens is 574 g/mol. The Kier molecular flexibility index (Phi) is 8.22. The first kappa shape index (κ1) is 28.4. The van der Waals surface area contributed by atoms with Gasteiger partial charge in [-0.25, -0.2) is 23.1 Å². The fourth-order valence-electron chi connectivity index (χ4n) is 4.17. The molecule has 3 aromatic carbocycles. The van der Waals surface area contributed by atoms with Gasteiger partial charge in [-0.1, -0.05) is 48.5 Å². The van der Waals surface area contributed by atoms with Gasteiger partial charge in [0.1, 0.15) is 5.69 Å². The van der Waals surface area contributed by atoms with E-state index in [4.69, 9.17) is 22.1 Å². The molecule has 0 aliphatic carbocycles. The Morgan fingerprint density at radius 2 is 1.55 bits per heavy atom. The summed E-state index contributed by atoms with van der Waals surface area (Å²) in [5.74, 6) is -0.431. The molecule has 0 radical (unpaired) electrons. The van der Waals surface area contributed by atoms with Crippen LogP contribution in [0.15, 0.2) is 102 Å². The second-order valence-electron chi connectivity index (χ2n) is 8.87. The summed E-state index contributed by atoms with van der Waals surface area (Å²) in [4.78, 5) is 21.4. The van der Waals surface area contributed by atoms with Crippen LogP contribution in [0.25, 0.3) is 16.9 Å². The predicted octanol–water partition coefficient (Wildman–Crippen LogP) is 4.57. The second-order valence-corrected chi connectivity index (χ2v) is 11.0. The Bertz CT molecular complexity index is 1840. The van der Waals surface area contributed by atoms with Crippen molar-refractivity contribution < 1.29 is 17.9 Å². The highest BCUT2D eigenvalue weighted by molar-refractivity contribution is 7.92. The van der Waals surface area contributed by atoms with Crippen LogP contribution in [0.1, 0.15) is 16.1 Å². The molecule has 212 valence electrons. The minimum Gasteiger partial charge on any atom is -0.478 e. The number of hydrogen-bond donors (Lipinski definition) is 3. The van der Waals surface area contributed by atoms with Crippen LogP contribution in [0.2, 0.25) is 0 Å². The molecule has 0 unspecified atom stereocenters. The summed E-state index contributed by atoms with van der Waals surface area (Å²) in [5.41, 5.74) is 3.59. The molecule has 0 fully saturated rings. The van der Waals surface area contributed by atoms with E-state index < -0.39 is 15.9 Å². The number of thiocarbonyl (C=S) groups is 1. The van der Waals surface area contributed by atoms with E-state index in [2.05, 4.69) is 25.3 Å². The highest BCUT2D eigenvalue weighted by atomic mass is 32.2. The molecule has 3 N–H and O–H groups in total. The van der Waals surface area contributed by atoms with Gasteiger partial charge < -0.3 is 10.1 Å². The number of anilines is 2. The molecule has 0 aliphatic rings. The molecule has 0 bridgehead atoms. The number of para-hydroxylation sites is 1. The second kappa shape index (κ2) is 12.2. The molecule has 2 heterocycles. The van der Waals surface area contributed by atoms with Gasteiger partial charge in [-0.05, 0) is 55.5 Å². The fourth-order valence-corrected chi connectivity index (χ4v) is 5.39. The Hall–Kier alpha value is -5.14. The van der Waals surface area contributed by atoms with Crippen molar-refractivity contribution in [1.82, 2.24) is 25.1 Å². The van der Waals surface area contributed by atoms with Crippen LogP contribution < -0.4 is 20.1 Å². The number of aromatic nitrogens is 4. The standard InChI is InChI=1S/C29H25N7O4S2/c1-19-24(25(20-9-5-3-6-10-20)34-36(19)22-11-7-4-8-12-22)27(37)33-29(41)32-21-13-15-23(16-14-21)42(38,39)35-26-28(40-2)31-18-17-30-26/h3-18H,1-2H3,(H,30,35)(H2,32,33,37,41). The van der Waals surface area contributed by atoms with Gasteiger partial charge in [0.25, 0.3) is 21.8 Å². The highest BCUT2D eigenvalue weighted by Gasteiger charge is 2.24. The van der Waals surface area contributed by atoms with Crippen molar-refractivity contribution in [3.05, 3.63) is 109 Å². The van der Waals surface area contributed by atoms with E-state index in [1.165, 1.54) is 43.8 Å². The number of carbonyl (C=O) groups excluding carboxylic acids is 1. The number of ether oxygens (including phenoxy) is 1. The molecular formula is C29H25N7O4S2. The summed E-state index contributed by atoms with van der Waals surface area (Å²) in [6, 6.07) is 24.8. The lowest BCUT2D eigenvalue weighted by atomic mass is 10.1. The zero-order chi connectivity index (χ0) is 29.7. The third-order valence-corrected chi connectivity index (χ3v) is 7.69. The first-order valence-corrected chi connectivity index (χ1v) is 14.5. The maximum atomic E-state index is 13.5. The van der Waals surface area contributed by atoms with Crippen LogP contribution >= 0.6 is 12.2 Å². The summed E-state index contributed by atoms with van der Waals surface area (Å²) in [5, 5.41) is 10.4. The number of hydrogen-bond acceptors (Lipinski definition) is 8. The molecule has 5 rings (SSSR count). The molecule has 1 amide bonds. The molecule has 0 atom stereocenters. The maximum Gasteiger partial charge on any atom is 0.263 e. The van der Waals surface area contributed by atoms with E-state index in [1.807, 2.05) is 67.6 Å². The van der Waals surface area contributed by atoms with E-state index in [0.29, 0.717) is 22.6 Å². The quantitative estimate of drug-likeness (QED) is 0.219. The lowest BCUT2D eigenvalue weighted by Crippen LogP contribution is -2.34. The van der Waals surface area contributed by atoms with Gasteiger partial charge in [-0.15, -0.1) is 0 Å². The average Bonchev–Trinajstić information content (AvgIpc) is 3.35. The monoisotopic (exact) mass is 599 g/mol. The average molecular weight is 600 g/mol. The van der Waals surface area contributed by atoms with E-state index in [-0.39, 0.29) is 21.7 Å². The summed E-state index contributed by atoms with van der Waals surface area (Å²) in [7, 11) is -2.61. The van der Waals surface area contributed by atoms with Gasteiger partial charge in [-0.2, -0.15) is 5.10 Å². The normalized spacial score (nSPS) is 11.0. The zero-order valence-corrected chi connectivity index (χ0v) is 24.1. The first-order valence-electron chi connectivity index (χ1n) is 12.6. The Morgan fingerprint density at radius 3 is 2.21 bits per heavy atom. The van der Waals surface area contributed by atoms with Crippen molar-refractivity contribution in [2.75, 3.05) is 17.1 Å². The molecule has 42 heavy (non-hydrogen) atoms. The van der Waals surface area contributed by atoms with E-state index >= 15 is 0 Å². The Balaban J connectivity index is 1.33. The van der Waals surface area contributed by atoms with Crippen molar-refractivity contribution in [2.45, 2.75) is 11.8 Å². The van der Waals surface area contributed by atoms with Crippen molar-refractivity contribution in [3.63, 3.8) is 0 Å². The predicted molar refractivity (Wildman–Crippen MR) is 163 cm³/mol. The number of nitrogens with one attached hydrogen (secondary N) is 3. The molecule has 0 aliphatic heterocycles.